The number of nitrogens with zero attached hydrogens (tertiary/aromatic N) is 2. The van der Waals surface area contributed by atoms with Crippen LogP contribution in [-0.2, 0) is 4.74 Å². The van der Waals surface area contributed by atoms with E-state index in [0.29, 0.717) is 18.1 Å². The van der Waals surface area contributed by atoms with Gasteiger partial charge in [0.25, 0.3) is 0 Å². The molecule has 0 amide bonds. The Bertz CT molecular complexity index is 514. The van der Waals surface area contributed by atoms with Crippen molar-refractivity contribution in [1.82, 2.24) is 15.0 Å². The number of H-pyrrole nitrogens is 1. The highest BCUT2D eigenvalue weighted by atomic mass is 19.1. The summed E-state index contributed by atoms with van der Waals surface area (Å²) in [6.07, 6.45) is 5.79. The molecule has 2 aromatic heterocycles. The Hall–Kier alpha value is -2.44. The molecule has 0 fully saturated rings. The average molecular weight is 249 g/mol. The van der Waals surface area contributed by atoms with Gasteiger partial charge in [-0.3, -0.25) is 10.4 Å². The molecule has 18 heavy (non-hydrogen) atoms. The van der Waals surface area contributed by atoms with E-state index in [1.54, 1.807) is 12.4 Å². The number of halogens is 1. The van der Waals surface area contributed by atoms with Gasteiger partial charge < -0.3 is 15.0 Å². The number of aromatic nitrogens is 3. The van der Waals surface area contributed by atoms with Crippen LogP contribution in [0.2, 0.25) is 0 Å². The van der Waals surface area contributed by atoms with Crippen molar-refractivity contribution in [2.75, 3.05) is 18.5 Å². The first-order chi connectivity index (χ1) is 8.75. The summed E-state index contributed by atoms with van der Waals surface area (Å²) < 4.78 is 18.0. The largest absolute Gasteiger partial charge is 0.476 e. The molecule has 6 nitrogen and oxygen atoms in total. The molecule has 0 aromatic carbocycles. The van der Waals surface area contributed by atoms with E-state index in [1.807, 2.05) is 0 Å². The minimum atomic E-state index is -0.491. The van der Waals surface area contributed by atoms with Gasteiger partial charge in [-0.2, -0.15) is 0 Å². The van der Waals surface area contributed by atoms with E-state index in [2.05, 4.69) is 20.3 Å². The van der Waals surface area contributed by atoms with Gasteiger partial charge in [0.1, 0.15) is 12.4 Å². The number of anilines is 1. The first-order valence-electron chi connectivity index (χ1n) is 5.31. The van der Waals surface area contributed by atoms with Gasteiger partial charge in [-0.15, -0.1) is 0 Å². The molecule has 0 aliphatic heterocycles. The summed E-state index contributed by atoms with van der Waals surface area (Å²) in [6, 6.07) is 1.20. The Kier molecular flexibility index (Phi) is 3.85. The van der Waals surface area contributed by atoms with Crippen molar-refractivity contribution in [3.8, 4) is 0 Å². The van der Waals surface area contributed by atoms with Crippen molar-refractivity contribution in [3.63, 3.8) is 0 Å². The molecule has 0 aliphatic rings. The molecule has 0 bridgehead atoms. The Morgan fingerprint density at radius 2 is 2.39 bits per heavy atom. The molecule has 0 unspecified atom stereocenters. The first-order valence-corrected chi connectivity index (χ1v) is 5.31. The van der Waals surface area contributed by atoms with Crippen molar-refractivity contribution < 1.29 is 9.13 Å². The van der Waals surface area contributed by atoms with Gasteiger partial charge in [0.2, 0.25) is 5.90 Å². The van der Waals surface area contributed by atoms with Crippen molar-refractivity contribution in [3.05, 3.63) is 42.2 Å². The number of pyridine rings is 1. The lowest BCUT2D eigenvalue weighted by Crippen LogP contribution is -2.14. The molecule has 0 radical (unpaired) electrons. The number of aromatic amines is 1. The summed E-state index contributed by atoms with van der Waals surface area (Å²) in [7, 11) is 0. The number of nitrogens with one attached hydrogen (secondary N) is 3. The number of imidazole rings is 1. The van der Waals surface area contributed by atoms with Crippen molar-refractivity contribution in [1.29, 1.82) is 5.41 Å². The lowest BCUT2D eigenvalue weighted by Gasteiger charge is -2.07. The molecule has 3 N–H and O–H groups in total. The predicted molar refractivity (Wildman–Crippen MR) is 64.1 cm³/mol. The van der Waals surface area contributed by atoms with Gasteiger partial charge in [-0.25, -0.2) is 9.37 Å². The van der Waals surface area contributed by atoms with Crippen molar-refractivity contribution in [2.24, 2.45) is 0 Å². The maximum atomic E-state index is 12.9. The molecule has 0 aliphatic carbocycles. The van der Waals surface area contributed by atoms with Crippen molar-refractivity contribution >= 4 is 11.8 Å². The molecule has 2 heterocycles. The van der Waals surface area contributed by atoms with Gasteiger partial charge in [-0.1, -0.05) is 0 Å². The fourth-order valence-electron chi connectivity index (χ4n) is 1.30. The Morgan fingerprint density at radius 3 is 3.11 bits per heavy atom. The highest BCUT2D eigenvalue weighted by Crippen LogP contribution is 2.02. The minimum absolute atomic E-state index is 0.108. The molecular weight excluding hydrogens is 237 g/mol. The monoisotopic (exact) mass is 249 g/mol. The smallest absolute Gasteiger partial charge is 0.214 e. The summed E-state index contributed by atoms with van der Waals surface area (Å²) >= 11 is 0. The summed E-state index contributed by atoms with van der Waals surface area (Å²) in [5.41, 5.74) is 0.313. The molecule has 2 aromatic rings. The quantitative estimate of drug-likeness (QED) is 0.424. The fourth-order valence-corrected chi connectivity index (χ4v) is 1.30. The second kappa shape index (κ2) is 5.76. The third-order valence-corrected chi connectivity index (χ3v) is 2.11. The zero-order valence-electron chi connectivity index (χ0n) is 9.48. The lowest BCUT2D eigenvalue weighted by molar-refractivity contribution is 0.318. The predicted octanol–water partition coefficient (Wildman–Crippen LogP) is 1.40. The summed E-state index contributed by atoms with van der Waals surface area (Å²) in [5, 5.41) is 10.6. The molecule has 0 saturated heterocycles. The Labute approximate surface area is 103 Å². The van der Waals surface area contributed by atoms with E-state index < -0.39 is 5.82 Å². The van der Waals surface area contributed by atoms with E-state index in [9.17, 15) is 4.39 Å². The molecule has 7 heteroatoms. The summed E-state index contributed by atoms with van der Waals surface area (Å²) in [4.78, 5) is 10.5. The fraction of sp³-hybridized carbons (Fsp3) is 0.182. The van der Waals surface area contributed by atoms with Crippen molar-refractivity contribution in [2.45, 2.75) is 0 Å². The maximum absolute atomic E-state index is 12.9. The second-order valence-electron chi connectivity index (χ2n) is 3.43. The van der Waals surface area contributed by atoms with Crippen LogP contribution < -0.4 is 5.32 Å². The topological polar surface area (TPSA) is 86.7 Å². The van der Waals surface area contributed by atoms with Crippen LogP contribution in [0.15, 0.2) is 30.9 Å². The van der Waals surface area contributed by atoms with E-state index in [-0.39, 0.29) is 12.5 Å². The van der Waals surface area contributed by atoms with Crippen LogP contribution in [0, 0.1) is 11.2 Å². The molecular formula is C11H12FN5O. The van der Waals surface area contributed by atoms with Crippen LogP contribution in [0.1, 0.15) is 5.56 Å². The van der Waals surface area contributed by atoms with Crippen LogP contribution in [-0.4, -0.2) is 34.0 Å². The van der Waals surface area contributed by atoms with Crippen LogP contribution in [0.25, 0.3) is 0 Å². The van der Waals surface area contributed by atoms with E-state index >= 15 is 0 Å². The standard InChI is InChI=1S/C11H12FN5O/c12-9-5-8(6-14-7-9)10(13)18-4-3-17-11-15-1-2-16-11/h1-2,5-7,13H,3-4H2,(H2,15,16,17). The van der Waals surface area contributed by atoms with E-state index in [0.717, 1.165) is 6.20 Å². The maximum Gasteiger partial charge on any atom is 0.214 e. The van der Waals surface area contributed by atoms with Crippen LogP contribution in [0.3, 0.4) is 0 Å². The molecule has 0 spiro atoms. The third-order valence-electron chi connectivity index (χ3n) is 2.11. The average Bonchev–Trinajstić information content (AvgIpc) is 2.87. The van der Waals surface area contributed by atoms with E-state index in [1.165, 1.54) is 12.3 Å². The molecule has 0 saturated carbocycles. The Balaban J connectivity index is 1.75. The zero-order valence-corrected chi connectivity index (χ0v) is 9.48. The summed E-state index contributed by atoms with van der Waals surface area (Å²) in [5.74, 6) is 0.0374. The van der Waals surface area contributed by atoms with Gasteiger partial charge in [0, 0.05) is 18.6 Å². The number of hydrogen-bond acceptors (Lipinski definition) is 5. The Morgan fingerprint density at radius 1 is 1.50 bits per heavy atom. The third kappa shape index (κ3) is 3.27. The SMILES string of the molecule is N=C(OCCNc1ncc[nH]1)c1cncc(F)c1. The lowest BCUT2D eigenvalue weighted by atomic mass is 10.3. The molecule has 2 rings (SSSR count). The second-order valence-corrected chi connectivity index (χ2v) is 3.43. The zero-order chi connectivity index (χ0) is 12.8. The number of rotatable bonds is 5. The van der Waals surface area contributed by atoms with Gasteiger partial charge in [0.05, 0.1) is 18.3 Å². The van der Waals surface area contributed by atoms with Crippen LogP contribution in [0.4, 0.5) is 10.3 Å². The molecule has 0 atom stereocenters. The highest BCUT2D eigenvalue weighted by molar-refractivity contribution is 5.91. The normalized spacial score (nSPS) is 10.1. The molecule has 94 valence electrons. The van der Waals surface area contributed by atoms with Crippen LogP contribution >= 0.6 is 0 Å². The number of hydrogen-bond donors (Lipinski definition) is 3. The highest BCUT2D eigenvalue weighted by Gasteiger charge is 2.04. The van der Waals surface area contributed by atoms with Gasteiger partial charge in [-0.05, 0) is 6.07 Å². The minimum Gasteiger partial charge on any atom is -0.476 e. The van der Waals surface area contributed by atoms with Gasteiger partial charge in [0.15, 0.2) is 5.95 Å². The van der Waals surface area contributed by atoms with E-state index in [4.69, 9.17) is 10.1 Å². The number of ether oxygens (including phenoxy) is 1. The van der Waals surface area contributed by atoms with Gasteiger partial charge >= 0.3 is 0 Å². The summed E-state index contributed by atoms with van der Waals surface area (Å²) in [6.45, 7) is 0.759. The van der Waals surface area contributed by atoms with Crippen LogP contribution in [0.5, 0.6) is 0 Å². The first kappa shape index (κ1) is 12.0.